The largest absolute Gasteiger partial charge is 0.390 e. The molecule has 1 radical (unpaired) electrons. The second-order valence-corrected chi connectivity index (χ2v) is 6.22. The van der Waals surface area contributed by atoms with Gasteiger partial charge < -0.3 is 19.9 Å². The number of hydrogen-bond acceptors (Lipinski definition) is 6. The van der Waals surface area contributed by atoms with E-state index in [2.05, 4.69) is 5.32 Å². The van der Waals surface area contributed by atoms with Gasteiger partial charge in [-0.2, -0.15) is 0 Å². The first-order valence-electron chi connectivity index (χ1n) is 7.50. The Morgan fingerprint density at radius 1 is 1.38 bits per heavy atom. The van der Waals surface area contributed by atoms with Crippen LogP contribution in [0.25, 0.3) is 0 Å². The summed E-state index contributed by atoms with van der Waals surface area (Å²) in [6, 6.07) is -0.120. The van der Waals surface area contributed by atoms with Gasteiger partial charge in [0.2, 0.25) is 0 Å². The van der Waals surface area contributed by atoms with E-state index in [1.807, 2.05) is 0 Å². The molecule has 1 heterocycles. The maximum atomic E-state index is 11.5. The van der Waals surface area contributed by atoms with Crippen molar-refractivity contribution in [1.82, 2.24) is 10.2 Å². The summed E-state index contributed by atoms with van der Waals surface area (Å²) in [6.07, 6.45) is 2.57. The van der Waals surface area contributed by atoms with Crippen LogP contribution in [0.1, 0.15) is 12.8 Å². The Labute approximate surface area is 172 Å². The van der Waals surface area contributed by atoms with Crippen LogP contribution in [-0.4, -0.2) is 72.4 Å². The predicted molar refractivity (Wildman–Crippen MR) is 86.8 cm³/mol. The summed E-state index contributed by atoms with van der Waals surface area (Å²) in [6.45, 7) is 0.694. The first-order valence-corrected chi connectivity index (χ1v) is 7.91. The Kier molecular flexibility index (Phi) is 9.12. The van der Waals surface area contributed by atoms with E-state index in [0.29, 0.717) is 24.4 Å². The molecule has 9 heteroatoms. The Morgan fingerprint density at radius 3 is 2.54 bits per heavy atom. The van der Waals surface area contributed by atoms with Crippen molar-refractivity contribution in [2.75, 3.05) is 27.4 Å². The molecule has 2 rings (SSSR count). The molecule has 0 aromatic heterocycles. The summed E-state index contributed by atoms with van der Waals surface area (Å²) >= 11 is 5.30. The molecule has 2 N–H and O–H groups in total. The molecule has 0 bridgehead atoms. The number of carbonyl (C=O) groups excluding carboxylic acids is 2. The van der Waals surface area contributed by atoms with Crippen LogP contribution in [0.4, 0.5) is 0 Å². The smallest absolute Gasteiger partial charge is 0.253 e. The molecule has 1 fully saturated rings. The van der Waals surface area contributed by atoms with Gasteiger partial charge in [0.15, 0.2) is 0 Å². The van der Waals surface area contributed by atoms with Gasteiger partial charge in [-0.1, -0.05) is 12.2 Å². The zero-order chi connectivity index (χ0) is 17.0. The third-order valence-corrected chi connectivity index (χ3v) is 4.56. The van der Waals surface area contributed by atoms with Crippen molar-refractivity contribution in [2.45, 2.75) is 31.1 Å². The van der Waals surface area contributed by atoms with Gasteiger partial charge in [-0.3, -0.25) is 14.5 Å². The van der Waals surface area contributed by atoms with Gasteiger partial charge >= 0.3 is 0 Å². The molecular weight excluding hydrogens is 409 g/mol. The number of nitrogens with one attached hydrogen (secondary N) is 1. The molecule has 4 atom stereocenters. The van der Waals surface area contributed by atoms with E-state index < -0.39 is 6.10 Å². The molecule has 0 spiro atoms. The third-order valence-electron chi connectivity index (χ3n) is 4.24. The van der Waals surface area contributed by atoms with Gasteiger partial charge in [-0.15, -0.1) is 0 Å². The molecule has 1 aliphatic carbocycles. The molecule has 24 heavy (non-hydrogen) atoms. The number of nitrogens with zero attached hydrogens (tertiary/aromatic N) is 1. The third kappa shape index (κ3) is 5.13. The molecule has 131 valence electrons. The van der Waals surface area contributed by atoms with Gasteiger partial charge in [0, 0.05) is 78.0 Å². The van der Waals surface area contributed by atoms with Crippen LogP contribution >= 0.6 is 12.2 Å². The topological polar surface area (TPSA) is 88.1 Å². The Morgan fingerprint density at radius 2 is 2.00 bits per heavy atom. The summed E-state index contributed by atoms with van der Waals surface area (Å²) < 4.78 is 10.5. The van der Waals surface area contributed by atoms with E-state index in [9.17, 15) is 14.7 Å². The van der Waals surface area contributed by atoms with E-state index in [-0.39, 0.29) is 69.1 Å². The monoisotopic (exact) mass is 431 g/mol. The van der Waals surface area contributed by atoms with E-state index in [1.54, 1.807) is 14.2 Å². The molecule has 2 amide bonds. The second kappa shape index (κ2) is 10.0. The fourth-order valence-electron chi connectivity index (χ4n) is 3.08. The first-order chi connectivity index (χ1) is 11.0. The fraction of sp³-hybridized carbons (Fsp3) is 0.667. The quantitative estimate of drug-likeness (QED) is 0.420. The van der Waals surface area contributed by atoms with Gasteiger partial charge in [0.1, 0.15) is 6.10 Å². The number of rotatable bonds is 7. The minimum atomic E-state index is -0.619. The molecule has 0 aromatic rings. The maximum Gasteiger partial charge on any atom is 0.253 e. The zero-order valence-corrected chi connectivity index (χ0v) is 17.5. The maximum absolute atomic E-state index is 11.5. The molecule has 7 nitrogen and oxygen atoms in total. The minimum Gasteiger partial charge on any atom is -0.390 e. The summed E-state index contributed by atoms with van der Waals surface area (Å²) in [5, 5.41) is 13.4. The average molecular weight is 431 g/mol. The molecule has 1 unspecified atom stereocenters. The average Bonchev–Trinajstić information content (AvgIpc) is 2.98. The summed E-state index contributed by atoms with van der Waals surface area (Å²) in [5.74, 6) is -0.649. The first kappa shape index (κ1) is 21.8. The fourth-order valence-corrected chi connectivity index (χ4v) is 3.32. The van der Waals surface area contributed by atoms with Gasteiger partial charge in [0.25, 0.3) is 11.8 Å². The van der Waals surface area contributed by atoms with E-state index in [0.717, 1.165) is 4.90 Å². The van der Waals surface area contributed by atoms with Crippen molar-refractivity contribution in [3.8, 4) is 0 Å². The zero-order valence-electron chi connectivity index (χ0n) is 13.8. The number of ether oxygens (including phenoxy) is 2. The second-order valence-electron chi connectivity index (χ2n) is 5.73. The molecule has 1 saturated carbocycles. The van der Waals surface area contributed by atoms with Crippen LogP contribution in [0.15, 0.2) is 12.2 Å². The van der Waals surface area contributed by atoms with E-state index in [4.69, 9.17) is 21.7 Å². The number of methoxy groups -OCH3 is 2. The molecule has 1 aliphatic heterocycles. The number of aliphatic hydroxyl groups is 1. The summed E-state index contributed by atoms with van der Waals surface area (Å²) in [5.41, 5.74) is 0. The van der Waals surface area contributed by atoms with E-state index in [1.165, 1.54) is 12.2 Å². The standard InChI is InChI=1S/C15H22N2O5S.Y/c1-21-8-9-7-10(15(22-2)14(9)20)16-11(23)5-6-17-12(18)3-4-13(17)19;/h3-4,9-10,14-15,20H,5-8H2,1-2H3,(H,16,23);/t9-,10-,14+,15?;/m1./s1. The molecule has 0 saturated heterocycles. The summed E-state index contributed by atoms with van der Waals surface area (Å²) in [4.78, 5) is 24.7. The van der Waals surface area contributed by atoms with Crippen molar-refractivity contribution in [3.05, 3.63) is 12.2 Å². The number of amides is 2. The number of carbonyl (C=O) groups is 2. The van der Waals surface area contributed by atoms with Crippen LogP contribution in [0.2, 0.25) is 0 Å². The van der Waals surface area contributed by atoms with Crippen molar-refractivity contribution in [2.24, 2.45) is 5.92 Å². The Bertz CT molecular complexity index is 498. The number of thiocarbonyl (C=S) groups is 1. The van der Waals surface area contributed by atoms with Crippen LogP contribution < -0.4 is 5.32 Å². The van der Waals surface area contributed by atoms with Crippen molar-refractivity contribution in [1.29, 1.82) is 0 Å². The van der Waals surface area contributed by atoms with Crippen LogP contribution in [0, 0.1) is 5.92 Å². The molecule has 2 aliphatic rings. The Hall–Kier alpha value is -0.246. The van der Waals surface area contributed by atoms with E-state index >= 15 is 0 Å². The van der Waals surface area contributed by atoms with Crippen LogP contribution in [-0.2, 0) is 51.8 Å². The van der Waals surface area contributed by atoms with Gasteiger partial charge in [-0.25, -0.2) is 0 Å². The number of aliphatic hydroxyl groups excluding tert-OH is 1. The normalized spacial score (nSPS) is 29.0. The molecule has 0 aromatic carbocycles. The van der Waals surface area contributed by atoms with Gasteiger partial charge in [-0.05, 0) is 6.42 Å². The summed E-state index contributed by atoms with van der Waals surface area (Å²) in [7, 11) is 3.14. The molecular formula is C15H22N2O5SY. The number of hydrogen-bond donors (Lipinski definition) is 2. The van der Waals surface area contributed by atoms with Gasteiger partial charge in [0.05, 0.1) is 23.7 Å². The predicted octanol–water partition coefficient (Wildman–Crippen LogP) is -0.373. The van der Waals surface area contributed by atoms with Crippen LogP contribution in [0.3, 0.4) is 0 Å². The van der Waals surface area contributed by atoms with Crippen LogP contribution in [0.5, 0.6) is 0 Å². The number of imide groups is 1. The Balaban J connectivity index is 0.00000288. The van der Waals surface area contributed by atoms with Crippen molar-refractivity contribution in [3.63, 3.8) is 0 Å². The SMILES string of the molecule is COC[C@H]1C[C@@H](NC(=S)CCN2C(=O)C=CC2=O)C(OC)[C@H]1O.[Y]. The van der Waals surface area contributed by atoms with Crippen molar-refractivity contribution >= 4 is 29.0 Å². The minimum absolute atomic E-state index is 0. The van der Waals surface area contributed by atoms with Crippen molar-refractivity contribution < 1.29 is 56.9 Å².